The minimum absolute atomic E-state index is 0.0995. The van der Waals surface area contributed by atoms with Gasteiger partial charge in [0.2, 0.25) is 12.0 Å². The van der Waals surface area contributed by atoms with Crippen LogP contribution in [-0.2, 0) is 14.3 Å². The number of hydrogen-bond donors (Lipinski definition) is 0. The number of nitrogens with zero attached hydrogens (tertiary/aromatic N) is 3. The first-order valence-electron chi connectivity index (χ1n) is 11.7. The second-order valence-electron chi connectivity index (χ2n) is 9.76. The molecule has 9 nitrogen and oxygen atoms in total. The zero-order valence-electron chi connectivity index (χ0n) is 19.6. The Bertz CT molecular complexity index is 882. The number of piperazine rings is 1. The average Bonchev–Trinajstić information content (AvgIpc) is 2.82. The highest BCUT2D eigenvalue weighted by Gasteiger charge is 2.36. The maximum Gasteiger partial charge on any atom is 0.410 e. The number of carbonyl (C=O) groups excluding carboxylic acids is 3. The van der Waals surface area contributed by atoms with Crippen LogP contribution >= 0.6 is 0 Å². The van der Waals surface area contributed by atoms with Crippen LogP contribution < -0.4 is 9.47 Å². The Kier molecular flexibility index (Phi) is 6.67. The highest BCUT2D eigenvalue weighted by atomic mass is 16.6. The number of likely N-dealkylation sites (tertiary alicyclic amines) is 1. The van der Waals surface area contributed by atoms with Gasteiger partial charge in [0.1, 0.15) is 12.2 Å². The van der Waals surface area contributed by atoms with Crippen molar-refractivity contribution in [3.05, 3.63) is 24.3 Å². The van der Waals surface area contributed by atoms with E-state index in [4.69, 9.17) is 14.2 Å². The predicted molar refractivity (Wildman–Crippen MR) is 120 cm³/mol. The Morgan fingerprint density at radius 3 is 2.03 bits per heavy atom. The second kappa shape index (κ2) is 9.49. The van der Waals surface area contributed by atoms with Crippen LogP contribution in [0.2, 0.25) is 0 Å². The molecule has 1 aromatic rings. The van der Waals surface area contributed by atoms with Gasteiger partial charge in [-0.05, 0) is 45.7 Å². The van der Waals surface area contributed by atoms with Gasteiger partial charge in [-0.3, -0.25) is 9.59 Å². The first kappa shape index (κ1) is 23.2. The van der Waals surface area contributed by atoms with E-state index in [0.717, 1.165) is 0 Å². The summed E-state index contributed by atoms with van der Waals surface area (Å²) in [6.45, 7) is 8.71. The van der Waals surface area contributed by atoms with Crippen LogP contribution in [0.3, 0.4) is 0 Å². The number of rotatable bonds is 2. The molecule has 1 aromatic carbocycles. The number of ether oxygens (including phenoxy) is 3. The summed E-state index contributed by atoms with van der Waals surface area (Å²) in [5, 5.41) is 0. The zero-order valence-corrected chi connectivity index (χ0v) is 19.6. The van der Waals surface area contributed by atoms with E-state index in [-0.39, 0.29) is 30.4 Å². The molecule has 9 heteroatoms. The van der Waals surface area contributed by atoms with Gasteiger partial charge in [-0.15, -0.1) is 0 Å². The fourth-order valence-corrected chi connectivity index (χ4v) is 4.39. The van der Waals surface area contributed by atoms with Crippen molar-refractivity contribution in [3.63, 3.8) is 0 Å². The molecule has 0 spiro atoms. The third-order valence-electron chi connectivity index (χ3n) is 6.18. The molecule has 0 aromatic heterocycles. The quantitative estimate of drug-likeness (QED) is 0.673. The minimum atomic E-state index is -0.667. The van der Waals surface area contributed by atoms with Crippen molar-refractivity contribution in [2.75, 3.05) is 45.9 Å². The van der Waals surface area contributed by atoms with Gasteiger partial charge in [0.15, 0.2) is 11.5 Å². The molecule has 1 atom stereocenters. The molecule has 0 N–H and O–H groups in total. The van der Waals surface area contributed by atoms with Gasteiger partial charge in [-0.25, -0.2) is 4.79 Å². The van der Waals surface area contributed by atoms with E-state index in [2.05, 4.69) is 0 Å². The van der Waals surface area contributed by atoms with Crippen LogP contribution in [0.15, 0.2) is 24.3 Å². The fourth-order valence-electron chi connectivity index (χ4n) is 4.39. The van der Waals surface area contributed by atoms with Crippen LogP contribution in [0, 0.1) is 5.92 Å². The molecule has 180 valence electrons. The third kappa shape index (κ3) is 5.51. The van der Waals surface area contributed by atoms with Gasteiger partial charge in [0, 0.05) is 45.2 Å². The van der Waals surface area contributed by atoms with Crippen LogP contribution in [0.4, 0.5) is 4.79 Å². The summed E-state index contributed by atoms with van der Waals surface area (Å²) in [6.07, 6.45) is 0.268. The SMILES string of the molecule is CC(C)(C)OC(=O)N1CCC(C(=O)N2CCN(C(=O)C3COc4ccccc4O3)CC2)CC1. The van der Waals surface area contributed by atoms with E-state index in [0.29, 0.717) is 63.6 Å². The lowest BCUT2D eigenvalue weighted by Gasteiger charge is -2.39. The maximum absolute atomic E-state index is 13.0. The molecule has 0 aliphatic carbocycles. The molecule has 0 bridgehead atoms. The molecular weight excluding hydrogens is 426 g/mol. The van der Waals surface area contributed by atoms with E-state index >= 15 is 0 Å². The molecular formula is C24H33N3O6. The molecule has 0 radical (unpaired) electrons. The predicted octanol–water partition coefficient (Wildman–Crippen LogP) is 2.14. The van der Waals surface area contributed by atoms with Gasteiger partial charge in [-0.1, -0.05) is 12.1 Å². The van der Waals surface area contributed by atoms with Crippen LogP contribution in [0.25, 0.3) is 0 Å². The van der Waals surface area contributed by atoms with Crippen LogP contribution in [-0.4, -0.2) is 90.2 Å². The number of amides is 3. The summed E-state index contributed by atoms with van der Waals surface area (Å²) in [4.78, 5) is 43.4. The smallest absolute Gasteiger partial charge is 0.410 e. The van der Waals surface area contributed by atoms with Crippen molar-refractivity contribution in [3.8, 4) is 11.5 Å². The second-order valence-corrected chi connectivity index (χ2v) is 9.76. The summed E-state index contributed by atoms with van der Waals surface area (Å²) >= 11 is 0. The Morgan fingerprint density at radius 2 is 1.42 bits per heavy atom. The molecule has 1 unspecified atom stereocenters. The summed E-state index contributed by atoms with van der Waals surface area (Å²) in [6, 6.07) is 7.32. The van der Waals surface area contributed by atoms with Crippen LogP contribution in [0.1, 0.15) is 33.6 Å². The molecule has 0 saturated carbocycles. The van der Waals surface area contributed by atoms with Gasteiger partial charge in [0.25, 0.3) is 5.91 Å². The highest BCUT2D eigenvalue weighted by Crippen LogP contribution is 2.31. The lowest BCUT2D eigenvalue weighted by Crippen LogP contribution is -2.56. The molecule has 2 saturated heterocycles. The number of benzene rings is 1. The number of hydrogen-bond acceptors (Lipinski definition) is 6. The van der Waals surface area contributed by atoms with Crippen molar-refractivity contribution in [2.24, 2.45) is 5.92 Å². The van der Waals surface area contributed by atoms with Crippen molar-refractivity contribution in [2.45, 2.75) is 45.3 Å². The third-order valence-corrected chi connectivity index (χ3v) is 6.18. The Hall–Kier alpha value is -2.97. The van der Waals surface area contributed by atoms with Crippen LogP contribution in [0.5, 0.6) is 11.5 Å². The molecule has 3 amide bonds. The number of carbonyl (C=O) groups is 3. The van der Waals surface area contributed by atoms with Crippen molar-refractivity contribution >= 4 is 17.9 Å². The lowest BCUT2D eigenvalue weighted by atomic mass is 9.95. The lowest BCUT2D eigenvalue weighted by molar-refractivity contribution is -0.148. The zero-order chi connectivity index (χ0) is 23.6. The Labute approximate surface area is 194 Å². The molecule has 2 fully saturated rings. The summed E-state index contributed by atoms with van der Waals surface area (Å²) in [5.74, 6) is 1.13. The van der Waals surface area contributed by atoms with E-state index in [1.807, 2.05) is 43.9 Å². The van der Waals surface area contributed by atoms with Crippen molar-refractivity contribution in [1.29, 1.82) is 0 Å². The average molecular weight is 460 g/mol. The number of fused-ring (bicyclic) bond motifs is 1. The standard InChI is InChI=1S/C24H33N3O6/c1-24(2,3)33-23(30)27-10-8-17(9-11-27)21(28)25-12-14-26(15-13-25)22(29)20-16-31-18-6-4-5-7-19(18)32-20/h4-7,17,20H,8-16H2,1-3H3. The largest absolute Gasteiger partial charge is 0.485 e. The molecule has 4 rings (SSSR count). The first-order chi connectivity index (χ1) is 15.7. The molecule has 33 heavy (non-hydrogen) atoms. The monoisotopic (exact) mass is 459 g/mol. The molecule has 3 heterocycles. The minimum Gasteiger partial charge on any atom is -0.485 e. The first-order valence-corrected chi connectivity index (χ1v) is 11.7. The fraction of sp³-hybridized carbons (Fsp3) is 0.625. The van der Waals surface area contributed by atoms with E-state index in [9.17, 15) is 14.4 Å². The van der Waals surface area contributed by atoms with E-state index in [1.165, 1.54) is 0 Å². The van der Waals surface area contributed by atoms with E-state index in [1.54, 1.807) is 15.9 Å². The number of piperidine rings is 1. The molecule has 3 aliphatic heterocycles. The van der Waals surface area contributed by atoms with Gasteiger partial charge >= 0.3 is 6.09 Å². The summed E-state index contributed by atoms with van der Waals surface area (Å²) in [7, 11) is 0. The summed E-state index contributed by atoms with van der Waals surface area (Å²) in [5.41, 5.74) is -0.529. The Morgan fingerprint density at radius 1 is 0.848 bits per heavy atom. The summed E-state index contributed by atoms with van der Waals surface area (Å²) < 4.78 is 16.9. The van der Waals surface area contributed by atoms with Gasteiger partial charge in [0.05, 0.1) is 0 Å². The Balaban J connectivity index is 1.23. The number of para-hydroxylation sites is 2. The topological polar surface area (TPSA) is 88.6 Å². The molecule has 3 aliphatic rings. The maximum atomic E-state index is 13.0. The van der Waals surface area contributed by atoms with E-state index < -0.39 is 11.7 Å². The van der Waals surface area contributed by atoms with Crippen molar-refractivity contribution < 1.29 is 28.6 Å². The highest BCUT2D eigenvalue weighted by molar-refractivity contribution is 5.83. The van der Waals surface area contributed by atoms with Gasteiger partial charge < -0.3 is 28.9 Å². The normalized spacial score (nSPS) is 21.5. The van der Waals surface area contributed by atoms with Crippen molar-refractivity contribution in [1.82, 2.24) is 14.7 Å². The van der Waals surface area contributed by atoms with Gasteiger partial charge in [-0.2, -0.15) is 0 Å².